The summed E-state index contributed by atoms with van der Waals surface area (Å²) in [4.78, 5) is 13.5. The zero-order valence-electron chi connectivity index (χ0n) is 15.2. The number of hydrogen-bond donors (Lipinski definition) is 0. The standard InChI is InChI=1S/C21H25ClN2O/c1-20(2)14-10-11-21(20,3)18-17(14)19(25)24(23(18)12-13-8-9-13)16-7-5-4-6-15(16)22/h4-7,13-14H,8-12H2,1-3H3/t14-,21+/m1/s1. The number of benzene rings is 1. The summed E-state index contributed by atoms with van der Waals surface area (Å²) in [7, 11) is 0. The van der Waals surface area contributed by atoms with Crippen LogP contribution in [0.4, 0.5) is 0 Å². The molecule has 2 atom stereocenters. The second-order valence-corrected chi connectivity index (χ2v) is 9.41. The van der Waals surface area contributed by atoms with Crippen molar-refractivity contribution >= 4 is 11.6 Å². The molecule has 0 spiro atoms. The van der Waals surface area contributed by atoms with Crippen LogP contribution in [-0.4, -0.2) is 9.36 Å². The van der Waals surface area contributed by atoms with Crippen molar-refractivity contribution in [3.63, 3.8) is 0 Å². The summed E-state index contributed by atoms with van der Waals surface area (Å²) in [5.41, 5.74) is 3.58. The van der Waals surface area contributed by atoms with Gasteiger partial charge < -0.3 is 0 Å². The minimum Gasteiger partial charge on any atom is -0.281 e. The van der Waals surface area contributed by atoms with Gasteiger partial charge in [0.05, 0.1) is 16.4 Å². The lowest BCUT2D eigenvalue weighted by molar-refractivity contribution is 0.214. The highest BCUT2D eigenvalue weighted by Gasteiger charge is 2.63. The average Bonchev–Trinajstić information content (AvgIpc) is 3.26. The van der Waals surface area contributed by atoms with Crippen LogP contribution in [0, 0.1) is 11.3 Å². The summed E-state index contributed by atoms with van der Waals surface area (Å²) < 4.78 is 4.19. The monoisotopic (exact) mass is 356 g/mol. The van der Waals surface area contributed by atoms with Crippen molar-refractivity contribution in [2.45, 2.75) is 64.3 Å². The highest BCUT2D eigenvalue weighted by atomic mass is 35.5. The van der Waals surface area contributed by atoms with Crippen LogP contribution in [0.1, 0.15) is 63.6 Å². The maximum atomic E-state index is 13.5. The first-order chi connectivity index (χ1) is 11.9. The van der Waals surface area contributed by atoms with E-state index in [-0.39, 0.29) is 16.4 Å². The summed E-state index contributed by atoms with van der Waals surface area (Å²) in [6.45, 7) is 8.02. The van der Waals surface area contributed by atoms with Gasteiger partial charge in [0.2, 0.25) is 0 Å². The van der Waals surface area contributed by atoms with E-state index in [1.54, 1.807) is 0 Å². The molecule has 2 aromatic rings. The molecule has 0 N–H and O–H groups in total. The molecule has 0 unspecified atom stereocenters. The summed E-state index contributed by atoms with van der Waals surface area (Å²) in [5, 5.41) is 0.648. The molecule has 2 saturated carbocycles. The zero-order chi connectivity index (χ0) is 17.6. The Bertz CT molecular complexity index is 934. The van der Waals surface area contributed by atoms with Crippen molar-refractivity contribution in [1.29, 1.82) is 0 Å². The van der Waals surface area contributed by atoms with Gasteiger partial charge in [-0.1, -0.05) is 44.5 Å². The van der Waals surface area contributed by atoms with E-state index in [0.717, 1.165) is 24.2 Å². The van der Waals surface area contributed by atoms with Crippen molar-refractivity contribution in [3.05, 3.63) is 50.9 Å². The predicted molar refractivity (Wildman–Crippen MR) is 101 cm³/mol. The van der Waals surface area contributed by atoms with E-state index in [1.807, 2.05) is 28.9 Å². The molecule has 1 heterocycles. The molecule has 1 aromatic heterocycles. The van der Waals surface area contributed by atoms with Crippen molar-refractivity contribution < 1.29 is 0 Å². The first kappa shape index (κ1) is 15.7. The van der Waals surface area contributed by atoms with Crippen molar-refractivity contribution in [1.82, 2.24) is 9.36 Å². The third-order valence-corrected chi connectivity index (χ3v) is 7.80. The molecule has 1 aromatic carbocycles. The highest BCUT2D eigenvalue weighted by molar-refractivity contribution is 6.32. The van der Waals surface area contributed by atoms with E-state index in [4.69, 9.17) is 11.6 Å². The van der Waals surface area contributed by atoms with Gasteiger partial charge in [0.1, 0.15) is 0 Å². The van der Waals surface area contributed by atoms with Gasteiger partial charge in [-0.3, -0.25) is 9.48 Å². The molecule has 4 heteroatoms. The van der Waals surface area contributed by atoms with Crippen LogP contribution in [0.3, 0.4) is 0 Å². The van der Waals surface area contributed by atoms with Gasteiger partial charge in [0, 0.05) is 17.5 Å². The van der Waals surface area contributed by atoms with Crippen molar-refractivity contribution in [2.75, 3.05) is 0 Å². The molecule has 0 radical (unpaired) electrons. The molecule has 0 aliphatic heterocycles. The second kappa shape index (κ2) is 4.82. The fourth-order valence-electron chi connectivity index (χ4n) is 5.47. The Kier molecular flexibility index (Phi) is 3.04. The molecule has 3 aliphatic rings. The number of rotatable bonds is 3. The smallest absolute Gasteiger partial charge is 0.275 e. The Morgan fingerprint density at radius 2 is 1.88 bits per heavy atom. The van der Waals surface area contributed by atoms with Crippen LogP contribution < -0.4 is 5.56 Å². The third-order valence-electron chi connectivity index (χ3n) is 7.48. The maximum absolute atomic E-state index is 13.5. The maximum Gasteiger partial charge on any atom is 0.275 e. The number of hydrogen-bond acceptors (Lipinski definition) is 1. The average molecular weight is 357 g/mol. The fraction of sp³-hybridized carbons (Fsp3) is 0.571. The fourth-order valence-corrected chi connectivity index (χ4v) is 5.69. The highest BCUT2D eigenvalue weighted by Crippen LogP contribution is 2.67. The quantitative estimate of drug-likeness (QED) is 0.770. The molecule has 5 rings (SSSR count). The molecule has 132 valence electrons. The van der Waals surface area contributed by atoms with Gasteiger partial charge in [-0.2, -0.15) is 0 Å². The Balaban J connectivity index is 1.82. The number of fused-ring (bicyclic) bond motifs is 5. The number of para-hydroxylation sites is 1. The Morgan fingerprint density at radius 1 is 1.16 bits per heavy atom. The first-order valence-electron chi connectivity index (χ1n) is 9.47. The molecule has 2 bridgehead atoms. The minimum atomic E-state index is 0.0769. The lowest BCUT2D eigenvalue weighted by Gasteiger charge is -2.36. The Hall–Kier alpha value is -1.48. The van der Waals surface area contributed by atoms with Crippen LogP contribution in [0.5, 0.6) is 0 Å². The van der Waals surface area contributed by atoms with Gasteiger partial charge in [0.25, 0.3) is 5.56 Å². The van der Waals surface area contributed by atoms with Crippen LogP contribution >= 0.6 is 11.6 Å². The molecular weight excluding hydrogens is 332 g/mol. The van der Waals surface area contributed by atoms with E-state index in [9.17, 15) is 4.79 Å². The van der Waals surface area contributed by atoms with E-state index in [1.165, 1.54) is 25.0 Å². The molecule has 25 heavy (non-hydrogen) atoms. The van der Waals surface area contributed by atoms with E-state index < -0.39 is 0 Å². The topological polar surface area (TPSA) is 26.9 Å². The predicted octanol–water partition coefficient (Wildman–Crippen LogP) is 4.88. The Morgan fingerprint density at radius 3 is 2.56 bits per heavy atom. The number of nitrogens with zero attached hydrogens (tertiary/aromatic N) is 2. The summed E-state index contributed by atoms with van der Waals surface area (Å²) in [5.74, 6) is 1.07. The third kappa shape index (κ3) is 1.85. The molecular formula is C21H25ClN2O. The largest absolute Gasteiger partial charge is 0.281 e. The molecule has 3 nitrogen and oxygen atoms in total. The minimum absolute atomic E-state index is 0.0769. The number of aromatic nitrogens is 2. The zero-order valence-corrected chi connectivity index (χ0v) is 15.9. The van der Waals surface area contributed by atoms with Gasteiger partial charge in [-0.05, 0) is 55.1 Å². The van der Waals surface area contributed by atoms with Crippen molar-refractivity contribution in [2.24, 2.45) is 11.3 Å². The van der Waals surface area contributed by atoms with Crippen LogP contribution in [0.2, 0.25) is 5.02 Å². The number of halogens is 1. The molecule has 0 amide bonds. The molecule has 3 aliphatic carbocycles. The van der Waals surface area contributed by atoms with Crippen LogP contribution in [-0.2, 0) is 12.0 Å². The normalized spacial score (nSPS) is 29.2. The van der Waals surface area contributed by atoms with Gasteiger partial charge in [0.15, 0.2) is 0 Å². The van der Waals surface area contributed by atoms with Gasteiger partial charge in [-0.15, -0.1) is 0 Å². The van der Waals surface area contributed by atoms with E-state index in [2.05, 4.69) is 25.5 Å². The lowest BCUT2D eigenvalue weighted by atomic mass is 9.70. The second-order valence-electron chi connectivity index (χ2n) is 9.00. The SMILES string of the molecule is CC1(C)[C@@H]2CC[C@@]1(C)c1c2c(=O)n(-c2ccccc2Cl)n1CC1CC1. The summed E-state index contributed by atoms with van der Waals surface area (Å²) in [6, 6.07) is 7.74. The first-order valence-corrected chi connectivity index (χ1v) is 9.85. The van der Waals surface area contributed by atoms with Crippen molar-refractivity contribution in [3.8, 4) is 5.69 Å². The van der Waals surface area contributed by atoms with Gasteiger partial charge >= 0.3 is 0 Å². The van der Waals surface area contributed by atoms with Crippen LogP contribution in [0.15, 0.2) is 29.1 Å². The lowest BCUT2D eigenvalue weighted by Crippen LogP contribution is -2.36. The molecule has 2 fully saturated rings. The summed E-state index contributed by atoms with van der Waals surface area (Å²) in [6.07, 6.45) is 4.84. The summed E-state index contributed by atoms with van der Waals surface area (Å²) >= 11 is 6.48. The Labute approximate surface area is 153 Å². The van der Waals surface area contributed by atoms with Gasteiger partial charge in [-0.25, -0.2) is 4.68 Å². The van der Waals surface area contributed by atoms with E-state index in [0.29, 0.717) is 16.9 Å². The van der Waals surface area contributed by atoms with E-state index >= 15 is 0 Å². The van der Waals surface area contributed by atoms with Crippen LogP contribution in [0.25, 0.3) is 5.69 Å². The molecule has 0 saturated heterocycles.